The van der Waals surface area contributed by atoms with E-state index in [2.05, 4.69) is 20.7 Å². The summed E-state index contributed by atoms with van der Waals surface area (Å²) in [5, 5.41) is 18.8. The fraction of sp³-hybridized carbons (Fsp3) is 0.786. The highest BCUT2D eigenvalue weighted by Crippen LogP contribution is 2.27. The maximum Gasteiger partial charge on any atom is 0.321 e. The van der Waals surface area contributed by atoms with E-state index >= 15 is 0 Å². The van der Waals surface area contributed by atoms with Gasteiger partial charge in [-0.2, -0.15) is 0 Å². The third kappa shape index (κ3) is 4.96. The summed E-state index contributed by atoms with van der Waals surface area (Å²) in [6, 6.07) is -0.385. The molecule has 8 nitrogen and oxygen atoms in total. The molecule has 2 rings (SSSR count). The van der Waals surface area contributed by atoms with Gasteiger partial charge in [-0.15, -0.1) is 5.10 Å². The maximum atomic E-state index is 11.9. The lowest BCUT2D eigenvalue weighted by atomic mass is 9.96. The number of anilines is 1. The summed E-state index contributed by atoms with van der Waals surface area (Å²) in [5.74, 6) is 0.284. The molecule has 0 unspecified atom stereocenters. The Kier molecular flexibility index (Phi) is 6.60. The first kappa shape index (κ1) is 16.7. The lowest BCUT2D eigenvalue weighted by Gasteiger charge is -2.21. The van der Waals surface area contributed by atoms with Gasteiger partial charge in [0.15, 0.2) is 0 Å². The van der Waals surface area contributed by atoms with Crippen LogP contribution in [0.1, 0.15) is 44.6 Å². The third-order valence-electron chi connectivity index (χ3n) is 3.91. The van der Waals surface area contributed by atoms with Crippen LogP contribution < -0.4 is 10.6 Å². The van der Waals surface area contributed by atoms with Crippen molar-refractivity contribution >= 4 is 12.0 Å². The summed E-state index contributed by atoms with van der Waals surface area (Å²) in [6.07, 6.45) is 8.14. The molecule has 0 saturated heterocycles. The molecular formula is C14H25N5O3. The lowest BCUT2D eigenvalue weighted by molar-refractivity contribution is 0.161. The quantitative estimate of drug-likeness (QED) is 0.704. The first-order valence-electron chi connectivity index (χ1n) is 7.81. The number of amides is 2. The summed E-state index contributed by atoms with van der Waals surface area (Å²) >= 11 is 0. The molecule has 3 N–H and O–H groups in total. The van der Waals surface area contributed by atoms with Crippen molar-refractivity contribution in [2.75, 3.05) is 25.6 Å². The Labute approximate surface area is 130 Å². The number of urea groups is 1. The Hall–Kier alpha value is -1.67. The maximum absolute atomic E-state index is 11.9. The molecule has 22 heavy (non-hydrogen) atoms. The minimum atomic E-state index is -0.420. The van der Waals surface area contributed by atoms with Crippen molar-refractivity contribution in [2.24, 2.45) is 0 Å². The number of ether oxygens (including phenoxy) is 1. The number of aromatic nitrogens is 3. The molecule has 1 aromatic rings. The molecule has 0 radical (unpaired) electrons. The number of nitrogens with zero attached hydrogens (tertiary/aromatic N) is 3. The molecule has 1 aliphatic carbocycles. The highest BCUT2D eigenvalue weighted by Gasteiger charge is 2.18. The third-order valence-corrected chi connectivity index (χ3v) is 3.91. The predicted molar refractivity (Wildman–Crippen MR) is 81.7 cm³/mol. The van der Waals surface area contributed by atoms with E-state index in [-0.39, 0.29) is 18.6 Å². The van der Waals surface area contributed by atoms with Gasteiger partial charge in [-0.05, 0) is 19.3 Å². The van der Waals surface area contributed by atoms with E-state index in [0.29, 0.717) is 19.1 Å². The van der Waals surface area contributed by atoms with Gasteiger partial charge in [-0.3, -0.25) is 5.32 Å². The van der Waals surface area contributed by atoms with Crippen LogP contribution in [0.3, 0.4) is 0 Å². The summed E-state index contributed by atoms with van der Waals surface area (Å²) in [6.45, 7) is 0.334. The zero-order chi connectivity index (χ0) is 15.8. The van der Waals surface area contributed by atoms with E-state index in [4.69, 9.17) is 4.74 Å². The normalized spacial score (nSPS) is 17.2. The van der Waals surface area contributed by atoms with Gasteiger partial charge in [0.25, 0.3) is 0 Å². The van der Waals surface area contributed by atoms with Crippen molar-refractivity contribution < 1.29 is 14.6 Å². The van der Waals surface area contributed by atoms with E-state index in [1.807, 2.05) is 4.68 Å². The van der Waals surface area contributed by atoms with Gasteiger partial charge in [0, 0.05) is 13.7 Å². The number of aliphatic hydroxyl groups excluding tert-OH is 1. The van der Waals surface area contributed by atoms with E-state index in [0.717, 1.165) is 12.8 Å². The molecule has 0 aliphatic heterocycles. The number of carbonyl (C=O) groups is 1. The standard InChI is InChI=1S/C14H25N5O3/c1-22-8-7-11(9-20)16-14(21)17-13-15-10-19(18-13)12-5-3-2-4-6-12/h10-12,20H,2-9H2,1H3,(H2,16,17,18,21)/t11-/m0/s1. The highest BCUT2D eigenvalue weighted by molar-refractivity contribution is 5.87. The predicted octanol–water partition coefficient (Wildman–Crippen LogP) is 1.30. The molecule has 8 heteroatoms. The van der Waals surface area contributed by atoms with E-state index < -0.39 is 6.03 Å². The van der Waals surface area contributed by atoms with E-state index in [9.17, 15) is 9.90 Å². The lowest BCUT2D eigenvalue weighted by Crippen LogP contribution is -2.41. The van der Waals surface area contributed by atoms with Gasteiger partial charge in [-0.1, -0.05) is 19.3 Å². The van der Waals surface area contributed by atoms with Crippen LogP contribution in [-0.2, 0) is 4.74 Å². The van der Waals surface area contributed by atoms with Crippen LogP contribution in [0.15, 0.2) is 6.33 Å². The average Bonchev–Trinajstić information content (AvgIpc) is 3.00. The minimum Gasteiger partial charge on any atom is -0.394 e. The number of aliphatic hydroxyl groups is 1. The topological polar surface area (TPSA) is 101 Å². The van der Waals surface area contributed by atoms with Crippen LogP contribution in [-0.4, -0.2) is 52.3 Å². The Morgan fingerprint density at radius 3 is 2.95 bits per heavy atom. The molecular weight excluding hydrogens is 286 g/mol. The minimum absolute atomic E-state index is 0.138. The molecule has 0 aromatic carbocycles. The number of rotatable bonds is 7. The second kappa shape index (κ2) is 8.70. The van der Waals surface area contributed by atoms with Crippen LogP contribution in [0.25, 0.3) is 0 Å². The SMILES string of the molecule is COCC[C@@H](CO)NC(=O)Nc1ncn(C2CCCCC2)n1. The first-order chi connectivity index (χ1) is 10.7. The van der Waals surface area contributed by atoms with Crippen molar-refractivity contribution in [1.29, 1.82) is 0 Å². The van der Waals surface area contributed by atoms with Gasteiger partial charge in [0.1, 0.15) is 6.33 Å². The van der Waals surface area contributed by atoms with Crippen LogP contribution >= 0.6 is 0 Å². The molecule has 1 heterocycles. The van der Waals surface area contributed by atoms with Gasteiger partial charge in [0.2, 0.25) is 5.95 Å². The van der Waals surface area contributed by atoms with Gasteiger partial charge in [-0.25, -0.2) is 14.5 Å². The molecule has 2 amide bonds. The summed E-state index contributed by atoms with van der Waals surface area (Å²) in [4.78, 5) is 16.0. The summed E-state index contributed by atoms with van der Waals surface area (Å²) < 4.78 is 6.77. The molecule has 0 bridgehead atoms. The fourth-order valence-corrected chi connectivity index (χ4v) is 2.65. The Bertz CT molecular complexity index is 459. The molecule has 1 aromatic heterocycles. The Morgan fingerprint density at radius 1 is 1.50 bits per heavy atom. The van der Waals surface area contributed by atoms with Gasteiger partial charge in [0.05, 0.1) is 18.7 Å². The highest BCUT2D eigenvalue weighted by atomic mass is 16.5. The monoisotopic (exact) mass is 311 g/mol. The smallest absolute Gasteiger partial charge is 0.321 e. The van der Waals surface area contributed by atoms with E-state index in [1.54, 1.807) is 13.4 Å². The molecule has 0 spiro atoms. The van der Waals surface area contributed by atoms with Crippen LogP contribution in [0.2, 0.25) is 0 Å². The molecule has 1 saturated carbocycles. The second-order valence-electron chi connectivity index (χ2n) is 5.60. The molecule has 1 atom stereocenters. The first-order valence-corrected chi connectivity index (χ1v) is 7.81. The Morgan fingerprint density at radius 2 is 2.27 bits per heavy atom. The average molecular weight is 311 g/mol. The van der Waals surface area contributed by atoms with Crippen LogP contribution in [0.4, 0.5) is 10.7 Å². The van der Waals surface area contributed by atoms with Gasteiger partial charge < -0.3 is 15.2 Å². The molecule has 1 aliphatic rings. The van der Waals surface area contributed by atoms with Crippen molar-refractivity contribution in [3.63, 3.8) is 0 Å². The fourth-order valence-electron chi connectivity index (χ4n) is 2.65. The van der Waals surface area contributed by atoms with E-state index in [1.165, 1.54) is 19.3 Å². The van der Waals surface area contributed by atoms with Crippen molar-refractivity contribution in [2.45, 2.75) is 50.6 Å². The molecule has 1 fully saturated rings. The van der Waals surface area contributed by atoms with Crippen molar-refractivity contribution in [3.05, 3.63) is 6.33 Å². The number of hydrogen-bond donors (Lipinski definition) is 3. The van der Waals surface area contributed by atoms with Crippen molar-refractivity contribution in [1.82, 2.24) is 20.1 Å². The van der Waals surface area contributed by atoms with Crippen LogP contribution in [0.5, 0.6) is 0 Å². The summed E-state index contributed by atoms with van der Waals surface area (Å²) in [5.41, 5.74) is 0. The number of hydrogen-bond acceptors (Lipinski definition) is 5. The van der Waals surface area contributed by atoms with Gasteiger partial charge >= 0.3 is 6.03 Å². The number of carbonyl (C=O) groups excluding carboxylic acids is 1. The second-order valence-corrected chi connectivity index (χ2v) is 5.60. The number of methoxy groups -OCH3 is 1. The zero-order valence-electron chi connectivity index (χ0n) is 13.0. The van der Waals surface area contributed by atoms with Crippen LogP contribution in [0, 0.1) is 0 Å². The largest absolute Gasteiger partial charge is 0.394 e. The number of nitrogens with one attached hydrogen (secondary N) is 2. The van der Waals surface area contributed by atoms with Crippen molar-refractivity contribution in [3.8, 4) is 0 Å². The zero-order valence-corrected chi connectivity index (χ0v) is 13.0. The summed E-state index contributed by atoms with van der Waals surface area (Å²) in [7, 11) is 1.58. The Balaban J connectivity index is 1.82. The molecule has 124 valence electrons.